The second kappa shape index (κ2) is 8.96. The minimum Gasteiger partial charge on any atom is -0.495 e. The summed E-state index contributed by atoms with van der Waals surface area (Å²) in [5.74, 6) is -0.570. The first-order valence-electron chi connectivity index (χ1n) is 9.80. The van der Waals surface area contributed by atoms with Gasteiger partial charge in [0.25, 0.3) is 5.91 Å². The summed E-state index contributed by atoms with van der Waals surface area (Å²) in [6, 6.07) is 10.4. The van der Waals surface area contributed by atoms with Crippen LogP contribution in [0.5, 0.6) is 5.75 Å². The van der Waals surface area contributed by atoms with Gasteiger partial charge in [0.15, 0.2) is 0 Å². The maximum Gasteiger partial charge on any atom is 0.253 e. The van der Waals surface area contributed by atoms with Crippen LogP contribution < -0.4 is 14.8 Å². The van der Waals surface area contributed by atoms with Crippen LogP contribution in [0.2, 0.25) is 0 Å². The molecule has 0 spiro atoms. The normalized spacial score (nSPS) is 11.5. The lowest BCUT2D eigenvalue weighted by molar-refractivity contribution is 0.0952. The Morgan fingerprint density at radius 3 is 2.58 bits per heavy atom. The lowest BCUT2D eigenvalue weighted by Gasteiger charge is -2.11. The summed E-state index contributed by atoms with van der Waals surface area (Å²) in [7, 11) is -0.992. The molecule has 0 saturated carbocycles. The van der Waals surface area contributed by atoms with Crippen molar-refractivity contribution in [2.75, 3.05) is 14.2 Å². The van der Waals surface area contributed by atoms with E-state index in [1.54, 1.807) is 41.3 Å². The zero-order valence-electron chi connectivity index (χ0n) is 17.7. The standard InChI is InChI=1S/C22H20FN5O4S/c1-24-33(30,31)21-8-3-14(9-20(21)32-2)10-26-22(29)18-11-25-13-19-17(18)12-27-28(19)16-6-4-15(23)5-7-16/h3-9,11-13,24H,10H2,1-2H3,(H,26,29). The molecule has 0 bridgehead atoms. The molecule has 2 aromatic heterocycles. The molecule has 4 aromatic rings. The molecule has 0 aliphatic carbocycles. The van der Waals surface area contributed by atoms with Crippen molar-refractivity contribution in [1.82, 2.24) is 24.8 Å². The fourth-order valence-electron chi connectivity index (χ4n) is 3.34. The number of nitrogens with one attached hydrogen (secondary N) is 2. The van der Waals surface area contributed by atoms with E-state index in [-0.39, 0.29) is 28.9 Å². The number of sulfonamides is 1. The first kappa shape index (κ1) is 22.4. The molecule has 1 amide bonds. The van der Waals surface area contributed by atoms with Crippen molar-refractivity contribution in [2.24, 2.45) is 0 Å². The van der Waals surface area contributed by atoms with E-state index >= 15 is 0 Å². The molecule has 4 rings (SSSR count). The average Bonchev–Trinajstić information content (AvgIpc) is 3.27. The van der Waals surface area contributed by atoms with Crippen molar-refractivity contribution in [3.63, 3.8) is 0 Å². The fraction of sp³-hybridized carbons (Fsp3) is 0.136. The Kier molecular flexibility index (Phi) is 6.07. The summed E-state index contributed by atoms with van der Waals surface area (Å²) in [6.45, 7) is 0.136. The number of halogens is 1. The molecule has 0 radical (unpaired) electrons. The van der Waals surface area contributed by atoms with E-state index in [9.17, 15) is 17.6 Å². The number of rotatable bonds is 7. The third-order valence-electron chi connectivity index (χ3n) is 5.05. The second-order valence-electron chi connectivity index (χ2n) is 7.03. The van der Waals surface area contributed by atoms with Gasteiger partial charge in [-0.2, -0.15) is 5.10 Å². The molecular weight excluding hydrogens is 449 g/mol. The van der Waals surface area contributed by atoms with E-state index in [0.717, 1.165) is 0 Å². The van der Waals surface area contributed by atoms with Gasteiger partial charge in [0.2, 0.25) is 10.0 Å². The zero-order chi connectivity index (χ0) is 23.6. The van der Waals surface area contributed by atoms with Crippen molar-refractivity contribution in [1.29, 1.82) is 0 Å². The number of pyridine rings is 1. The van der Waals surface area contributed by atoms with Gasteiger partial charge in [0.05, 0.1) is 36.3 Å². The van der Waals surface area contributed by atoms with Crippen molar-refractivity contribution in [2.45, 2.75) is 11.4 Å². The predicted molar refractivity (Wildman–Crippen MR) is 119 cm³/mol. The van der Waals surface area contributed by atoms with Crippen molar-refractivity contribution in [3.8, 4) is 11.4 Å². The zero-order valence-corrected chi connectivity index (χ0v) is 18.6. The number of carbonyl (C=O) groups is 1. The van der Waals surface area contributed by atoms with E-state index in [1.807, 2.05) is 0 Å². The van der Waals surface area contributed by atoms with E-state index in [0.29, 0.717) is 27.7 Å². The third kappa shape index (κ3) is 4.41. The van der Waals surface area contributed by atoms with E-state index in [2.05, 4.69) is 20.1 Å². The average molecular weight is 469 g/mol. The number of methoxy groups -OCH3 is 1. The summed E-state index contributed by atoms with van der Waals surface area (Å²) >= 11 is 0. The smallest absolute Gasteiger partial charge is 0.253 e. The third-order valence-corrected chi connectivity index (χ3v) is 6.51. The molecule has 9 nitrogen and oxygen atoms in total. The van der Waals surface area contributed by atoms with Crippen LogP contribution in [-0.4, -0.2) is 43.2 Å². The maximum atomic E-state index is 13.2. The number of hydrogen-bond donors (Lipinski definition) is 2. The minimum atomic E-state index is -3.68. The quantitative estimate of drug-likeness (QED) is 0.430. The lowest BCUT2D eigenvalue weighted by atomic mass is 10.1. The molecule has 0 fully saturated rings. The van der Waals surface area contributed by atoms with Crippen LogP contribution in [-0.2, 0) is 16.6 Å². The number of aromatic nitrogens is 3. The van der Waals surface area contributed by atoms with E-state index in [4.69, 9.17) is 4.74 Å². The fourth-order valence-corrected chi connectivity index (χ4v) is 4.22. The molecule has 2 N–H and O–H groups in total. The lowest BCUT2D eigenvalue weighted by Crippen LogP contribution is -2.23. The molecule has 0 unspecified atom stereocenters. The summed E-state index contributed by atoms with van der Waals surface area (Å²) in [5, 5.41) is 7.70. The van der Waals surface area contributed by atoms with Gasteiger partial charge in [-0.3, -0.25) is 9.78 Å². The number of nitrogens with zero attached hydrogens (tertiary/aromatic N) is 3. The van der Waals surface area contributed by atoms with Crippen LogP contribution in [0.1, 0.15) is 15.9 Å². The number of ether oxygens (including phenoxy) is 1. The van der Waals surface area contributed by atoms with Gasteiger partial charge < -0.3 is 10.1 Å². The Balaban J connectivity index is 1.57. The van der Waals surface area contributed by atoms with Crippen LogP contribution in [0.15, 0.2) is 66.0 Å². The Morgan fingerprint density at radius 2 is 1.88 bits per heavy atom. The molecule has 11 heteroatoms. The first-order valence-corrected chi connectivity index (χ1v) is 11.3. The number of amides is 1. The van der Waals surface area contributed by atoms with Gasteiger partial charge in [-0.05, 0) is 49.0 Å². The van der Waals surface area contributed by atoms with Gasteiger partial charge in [0, 0.05) is 18.1 Å². The molecule has 0 saturated heterocycles. The van der Waals surface area contributed by atoms with Crippen LogP contribution >= 0.6 is 0 Å². The van der Waals surface area contributed by atoms with Gasteiger partial charge in [0.1, 0.15) is 16.5 Å². The number of benzene rings is 2. The Labute approximate surface area is 189 Å². The van der Waals surface area contributed by atoms with Crippen molar-refractivity contribution in [3.05, 3.63) is 78.0 Å². The predicted octanol–water partition coefficient (Wildman–Crippen LogP) is 2.41. The minimum absolute atomic E-state index is 0.00440. The summed E-state index contributed by atoms with van der Waals surface area (Å²) in [6.07, 6.45) is 4.57. The summed E-state index contributed by atoms with van der Waals surface area (Å²) < 4.78 is 46.5. The number of hydrogen-bond acceptors (Lipinski definition) is 6. The Hall–Kier alpha value is -3.83. The molecule has 2 heterocycles. The second-order valence-corrected chi connectivity index (χ2v) is 8.88. The van der Waals surface area contributed by atoms with Gasteiger partial charge in [-0.25, -0.2) is 22.2 Å². The highest BCUT2D eigenvalue weighted by Gasteiger charge is 2.19. The van der Waals surface area contributed by atoms with E-state index < -0.39 is 10.0 Å². The highest BCUT2D eigenvalue weighted by Crippen LogP contribution is 2.25. The summed E-state index contributed by atoms with van der Waals surface area (Å²) in [5.41, 5.74) is 2.20. The molecule has 0 aliphatic rings. The van der Waals surface area contributed by atoms with Gasteiger partial charge >= 0.3 is 0 Å². The SMILES string of the molecule is CNS(=O)(=O)c1ccc(CNC(=O)c2cncc3c2cnn3-c2ccc(F)cc2)cc1OC. The molecule has 170 valence electrons. The largest absolute Gasteiger partial charge is 0.495 e. The van der Waals surface area contributed by atoms with E-state index in [1.165, 1.54) is 38.6 Å². The van der Waals surface area contributed by atoms with Gasteiger partial charge in [-0.15, -0.1) is 0 Å². The topological polar surface area (TPSA) is 115 Å². The van der Waals surface area contributed by atoms with Crippen LogP contribution in [0.25, 0.3) is 16.6 Å². The molecule has 0 atom stereocenters. The Bertz CT molecular complexity index is 1440. The highest BCUT2D eigenvalue weighted by atomic mass is 32.2. The van der Waals surface area contributed by atoms with Crippen molar-refractivity contribution < 1.29 is 22.3 Å². The molecule has 2 aromatic carbocycles. The highest BCUT2D eigenvalue weighted by molar-refractivity contribution is 7.89. The first-order chi connectivity index (χ1) is 15.8. The molecular formula is C22H20FN5O4S. The number of carbonyl (C=O) groups excluding carboxylic acids is 1. The molecule has 33 heavy (non-hydrogen) atoms. The maximum absolute atomic E-state index is 13.2. The van der Waals surface area contributed by atoms with Crippen LogP contribution in [0, 0.1) is 5.82 Å². The summed E-state index contributed by atoms with van der Waals surface area (Å²) in [4.78, 5) is 17.0. The van der Waals surface area contributed by atoms with Crippen molar-refractivity contribution >= 4 is 26.8 Å². The van der Waals surface area contributed by atoms with Crippen LogP contribution in [0.3, 0.4) is 0 Å². The number of fused-ring (bicyclic) bond motifs is 1. The van der Waals surface area contributed by atoms with Gasteiger partial charge in [-0.1, -0.05) is 6.07 Å². The Morgan fingerprint density at radius 1 is 1.12 bits per heavy atom. The monoisotopic (exact) mass is 469 g/mol. The van der Waals surface area contributed by atoms with Crippen LogP contribution in [0.4, 0.5) is 4.39 Å². The molecule has 0 aliphatic heterocycles.